The third-order valence-corrected chi connectivity index (χ3v) is 5.05. The minimum atomic E-state index is -0.772. The molecule has 1 unspecified atom stereocenters. The average molecular weight is 267 g/mol. The van der Waals surface area contributed by atoms with Crippen LogP contribution in [0.2, 0.25) is 0 Å². The Balaban J connectivity index is 2.06. The number of rotatable bonds is 2. The summed E-state index contributed by atoms with van der Waals surface area (Å²) in [5.74, 6) is -0.851. The van der Waals surface area contributed by atoms with E-state index in [4.69, 9.17) is 5.11 Å². The molecular formula is C15H25NO3. The number of hydrogen-bond donors (Lipinski definition) is 1. The van der Waals surface area contributed by atoms with Gasteiger partial charge in [-0.05, 0) is 24.2 Å². The van der Waals surface area contributed by atoms with Crippen molar-refractivity contribution in [3.05, 3.63) is 0 Å². The molecule has 1 saturated heterocycles. The standard InChI is InChI=1S/C15H25NO3/c1-10-8-16(9-11(10)14(18)19)13(17)12-6-4-5-7-15(12,2)3/h10-12H,4-9H2,1-3H3,(H,18,19)/t10-,11-,12?/m1/s1. The fraction of sp³-hybridized carbons (Fsp3) is 0.867. The van der Waals surface area contributed by atoms with Gasteiger partial charge in [0.15, 0.2) is 0 Å². The predicted octanol–water partition coefficient (Wildman–Crippen LogP) is 2.38. The van der Waals surface area contributed by atoms with Crippen molar-refractivity contribution in [1.29, 1.82) is 0 Å². The van der Waals surface area contributed by atoms with E-state index < -0.39 is 11.9 Å². The Morgan fingerprint density at radius 2 is 1.89 bits per heavy atom. The summed E-state index contributed by atoms with van der Waals surface area (Å²) in [5.41, 5.74) is 0.0554. The second kappa shape index (κ2) is 5.14. The number of carboxylic acids is 1. The molecule has 3 atom stereocenters. The lowest BCUT2D eigenvalue weighted by atomic mass is 9.68. The van der Waals surface area contributed by atoms with Crippen molar-refractivity contribution in [2.45, 2.75) is 46.5 Å². The van der Waals surface area contributed by atoms with Gasteiger partial charge in [0.2, 0.25) is 5.91 Å². The van der Waals surface area contributed by atoms with E-state index in [0.29, 0.717) is 13.1 Å². The van der Waals surface area contributed by atoms with Gasteiger partial charge in [-0.1, -0.05) is 33.6 Å². The van der Waals surface area contributed by atoms with E-state index in [1.54, 1.807) is 4.90 Å². The highest BCUT2D eigenvalue weighted by atomic mass is 16.4. The van der Waals surface area contributed by atoms with Crippen LogP contribution in [0.5, 0.6) is 0 Å². The van der Waals surface area contributed by atoms with Gasteiger partial charge in [0, 0.05) is 19.0 Å². The molecule has 1 aliphatic carbocycles. The van der Waals surface area contributed by atoms with Crippen molar-refractivity contribution in [3.8, 4) is 0 Å². The molecule has 1 amide bonds. The summed E-state index contributed by atoms with van der Waals surface area (Å²) in [4.78, 5) is 25.6. The number of hydrogen-bond acceptors (Lipinski definition) is 2. The molecule has 108 valence electrons. The molecule has 2 fully saturated rings. The van der Waals surface area contributed by atoms with Crippen LogP contribution in [0.1, 0.15) is 46.5 Å². The van der Waals surface area contributed by atoms with E-state index in [0.717, 1.165) is 19.3 Å². The zero-order chi connectivity index (χ0) is 14.2. The third kappa shape index (κ3) is 2.77. The van der Waals surface area contributed by atoms with Crippen LogP contribution < -0.4 is 0 Å². The zero-order valence-electron chi connectivity index (χ0n) is 12.2. The SMILES string of the molecule is C[C@@H]1CN(C(=O)C2CCCCC2(C)C)C[C@H]1C(=O)O. The van der Waals surface area contributed by atoms with Crippen LogP contribution in [0, 0.1) is 23.2 Å². The lowest BCUT2D eigenvalue weighted by molar-refractivity contribution is -0.143. The maximum atomic E-state index is 12.7. The van der Waals surface area contributed by atoms with Crippen molar-refractivity contribution in [2.24, 2.45) is 23.2 Å². The van der Waals surface area contributed by atoms with Gasteiger partial charge in [0.25, 0.3) is 0 Å². The van der Waals surface area contributed by atoms with Crippen molar-refractivity contribution in [1.82, 2.24) is 4.90 Å². The first-order valence-corrected chi connectivity index (χ1v) is 7.34. The number of aliphatic carboxylic acids is 1. The third-order valence-electron chi connectivity index (χ3n) is 5.05. The molecule has 0 aromatic heterocycles. The van der Waals surface area contributed by atoms with Gasteiger partial charge >= 0.3 is 5.97 Å². The first-order chi connectivity index (χ1) is 8.83. The Bertz CT molecular complexity index is 378. The highest BCUT2D eigenvalue weighted by molar-refractivity contribution is 5.81. The molecule has 2 aliphatic rings. The summed E-state index contributed by atoms with van der Waals surface area (Å²) in [7, 11) is 0. The Kier molecular flexibility index (Phi) is 3.88. The Morgan fingerprint density at radius 1 is 1.21 bits per heavy atom. The van der Waals surface area contributed by atoms with E-state index in [1.165, 1.54) is 6.42 Å². The lowest BCUT2D eigenvalue weighted by Crippen LogP contribution is -2.43. The van der Waals surface area contributed by atoms with Crippen molar-refractivity contribution >= 4 is 11.9 Å². The lowest BCUT2D eigenvalue weighted by Gasteiger charge is -2.39. The zero-order valence-corrected chi connectivity index (χ0v) is 12.2. The second-order valence-electron chi connectivity index (χ2n) is 6.95. The summed E-state index contributed by atoms with van der Waals surface area (Å²) < 4.78 is 0. The second-order valence-corrected chi connectivity index (χ2v) is 6.95. The quantitative estimate of drug-likeness (QED) is 0.835. The smallest absolute Gasteiger partial charge is 0.308 e. The molecule has 1 aliphatic heterocycles. The van der Waals surface area contributed by atoms with Crippen LogP contribution in [-0.2, 0) is 9.59 Å². The van der Waals surface area contributed by atoms with Gasteiger partial charge in [-0.2, -0.15) is 0 Å². The number of carboxylic acid groups (broad SMARTS) is 1. The van der Waals surface area contributed by atoms with E-state index in [-0.39, 0.29) is 23.2 Å². The van der Waals surface area contributed by atoms with Crippen molar-refractivity contribution in [3.63, 3.8) is 0 Å². The van der Waals surface area contributed by atoms with Crippen LogP contribution in [0.3, 0.4) is 0 Å². The number of carbonyl (C=O) groups is 2. The van der Waals surface area contributed by atoms with Crippen molar-refractivity contribution in [2.75, 3.05) is 13.1 Å². The maximum absolute atomic E-state index is 12.7. The molecule has 0 aromatic carbocycles. The van der Waals surface area contributed by atoms with Gasteiger partial charge in [0.05, 0.1) is 5.92 Å². The first kappa shape index (κ1) is 14.4. The number of nitrogens with zero attached hydrogens (tertiary/aromatic N) is 1. The Morgan fingerprint density at radius 3 is 2.42 bits per heavy atom. The molecular weight excluding hydrogens is 242 g/mol. The van der Waals surface area contributed by atoms with Gasteiger partial charge in [-0.3, -0.25) is 9.59 Å². The molecule has 0 spiro atoms. The minimum absolute atomic E-state index is 0.0554. The highest BCUT2D eigenvalue weighted by Gasteiger charge is 2.43. The molecule has 19 heavy (non-hydrogen) atoms. The largest absolute Gasteiger partial charge is 0.481 e. The Labute approximate surface area is 115 Å². The summed E-state index contributed by atoms with van der Waals surface area (Å²) in [6.45, 7) is 7.26. The summed E-state index contributed by atoms with van der Waals surface area (Å²) in [6, 6.07) is 0. The molecule has 0 aromatic rings. The number of amides is 1. The predicted molar refractivity (Wildman–Crippen MR) is 72.6 cm³/mol. The van der Waals surface area contributed by atoms with Crippen molar-refractivity contribution < 1.29 is 14.7 Å². The van der Waals surface area contributed by atoms with Crippen LogP contribution in [-0.4, -0.2) is 35.0 Å². The minimum Gasteiger partial charge on any atom is -0.481 e. The number of likely N-dealkylation sites (tertiary alicyclic amines) is 1. The van der Waals surface area contributed by atoms with Crippen LogP contribution in [0.25, 0.3) is 0 Å². The van der Waals surface area contributed by atoms with Crippen LogP contribution >= 0.6 is 0 Å². The Hall–Kier alpha value is -1.06. The summed E-state index contributed by atoms with van der Waals surface area (Å²) >= 11 is 0. The van der Waals surface area contributed by atoms with Gasteiger partial charge < -0.3 is 10.0 Å². The fourth-order valence-electron chi connectivity index (χ4n) is 3.64. The molecule has 1 heterocycles. The van der Waals surface area contributed by atoms with Crippen LogP contribution in [0.4, 0.5) is 0 Å². The van der Waals surface area contributed by atoms with E-state index in [2.05, 4.69) is 13.8 Å². The average Bonchev–Trinajstić information content (AvgIpc) is 2.70. The normalized spacial score (nSPS) is 34.3. The van der Waals surface area contributed by atoms with E-state index >= 15 is 0 Å². The molecule has 0 bridgehead atoms. The monoisotopic (exact) mass is 267 g/mol. The van der Waals surface area contributed by atoms with Crippen LogP contribution in [0.15, 0.2) is 0 Å². The molecule has 4 nitrogen and oxygen atoms in total. The molecule has 2 rings (SSSR count). The first-order valence-electron chi connectivity index (χ1n) is 7.34. The summed E-state index contributed by atoms with van der Waals surface area (Å²) in [5, 5.41) is 9.16. The maximum Gasteiger partial charge on any atom is 0.308 e. The van der Waals surface area contributed by atoms with E-state index in [9.17, 15) is 9.59 Å². The van der Waals surface area contributed by atoms with Gasteiger partial charge in [-0.25, -0.2) is 0 Å². The molecule has 4 heteroatoms. The highest BCUT2D eigenvalue weighted by Crippen LogP contribution is 2.42. The van der Waals surface area contributed by atoms with E-state index in [1.807, 2.05) is 6.92 Å². The van der Waals surface area contributed by atoms with Gasteiger partial charge in [-0.15, -0.1) is 0 Å². The molecule has 0 radical (unpaired) electrons. The summed E-state index contributed by atoms with van der Waals surface area (Å²) in [6.07, 6.45) is 4.36. The van der Waals surface area contributed by atoms with Gasteiger partial charge in [0.1, 0.15) is 0 Å². The molecule has 1 saturated carbocycles. The number of carbonyl (C=O) groups excluding carboxylic acids is 1. The topological polar surface area (TPSA) is 57.6 Å². The fourth-order valence-corrected chi connectivity index (χ4v) is 3.64. The molecule has 1 N–H and O–H groups in total.